The number of benzene rings is 1. The van der Waals surface area contributed by atoms with E-state index in [2.05, 4.69) is 41.2 Å². The molecule has 368 valence electrons. The topological polar surface area (TPSA) is 337 Å². The first-order valence-electron chi connectivity index (χ1n) is 22.0. The summed E-state index contributed by atoms with van der Waals surface area (Å²) in [5.74, 6) is -4.60. The summed E-state index contributed by atoms with van der Waals surface area (Å²) in [6.07, 6.45) is 2.24. The number of hydrogen-bond donors (Lipinski definition) is 9. The zero-order valence-electron chi connectivity index (χ0n) is 38.5. The van der Waals surface area contributed by atoms with Gasteiger partial charge in [-0.1, -0.05) is 6.92 Å². The number of carbonyl (C=O) groups excluding carboxylic acids is 3. The van der Waals surface area contributed by atoms with Crippen LogP contribution < -0.4 is 32.6 Å². The number of H-pyrrole nitrogens is 1. The molecule has 4 rings (SSSR count). The van der Waals surface area contributed by atoms with Crippen LogP contribution in [0.5, 0.6) is 0 Å². The van der Waals surface area contributed by atoms with E-state index in [1.165, 1.54) is 18.3 Å². The van der Waals surface area contributed by atoms with E-state index < -0.39 is 52.5 Å². The summed E-state index contributed by atoms with van der Waals surface area (Å²) in [7, 11) is 0. The summed E-state index contributed by atoms with van der Waals surface area (Å²) in [5, 5.41) is 39.6. The number of ether oxygens (including phenoxy) is 2. The first kappa shape index (κ1) is 53.3. The van der Waals surface area contributed by atoms with E-state index >= 15 is 0 Å². The van der Waals surface area contributed by atoms with Crippen LogP contribution in [0.15, 0.2) is 35.3 Å². The van der Waals surface area contributed by atoms with Crippen molar-refractivity contribution < 1.29 is 53.6 Å². The van der Waals surface area contributed by atoms with Crippen LogP contribution >= 0.6 is 0 Å². The van der Waals surface area contributed by atoms with E-state index in [0.29, 0.717) is 70.1 Å². The molecule has 1 aromatic carbocycles. The highest BCUT2D eigenvalue weighted by molar-refractivity contribution is 5.97. The molecule has 2 unspecified atom stereocenters. The van der Waals surface area contributed by atoms with Crippen LogP contribution in [0.4, 0.5) is 11.6 Å². The monoisotopic (exact) mass is 940 g/mol. The second kappa shape index (κ2) is 25.5. The average molecular weight is 941 g/mol. The van der Waals surface area contributed by atoms with E-state index in [-0.39, 0.29) is 87.3 Å². The van der Waals surface area contributed by atoms with Gasteiger partial charge in [0.1, 0.15) is 6.04 Å². The predicted molar refractivity (Wildman–Crippen MR) is 244 cm³/mol. The van der Waals surface area contributed by atoms with Crippen molar-refractivity contribution in [1.82, 2.24) is 50.6 Å². The van der Waals surface area contributed by atoms with Gasteiger partial charge in [-0.3, -0.25) is 48.5 Å². The quantitative estimate of drug-likeness (QED) is 0.0461. The molecule has 0 radical (unpaired) electrons. The first-order chi connectivity index (χ1) is 31.7. The Bertz CT molecular complexity index is 2200. The third kappa shape index (κ3) is 18.8. The summed E-state index contributed by atoms with van der Waals surface area (Å²) < 4.78 is 12.2. The van der Waals surface area contributed by atoms with Crippen LogP contribution in [0.2, 0.25) is 0 Å². The maximum absolute atomic E-state index is 13.1. The molecular formula is C43H64N12O12. The van der Waals surface area contributed by atoms with Gasteiger partial charge in [-0.15, -0.1) is 0 Å². The zero-order chi connectivity index (χ0) is 49.1. The Morgan fingerprint density at radius 3 is 2.03 bits per heavy atom. The zero-order valence-corrected chi connectivity index (χ0v) is 38.5. The molecule has 0 saturated carbocycles. The molecule has 3 aromatic rings. The Balaban J connectivity index is 1.12. The summed E-state index contributed by atoms with van der Waals surface area (Å²) in [5.41, 5.74) is 5.14. The normalized spacial score (nSPS) is 15.6. The van der Waals surface area contributed by atoms with E-state index in [0.717, 1.165) is 0 Å². The van der Waals surface area contributed by atoms with E-state index in [9.17, 15) is 48.9 Å². The fourth-order valence-corrected chi connectivity index (χ4v) is 6.85. The number of hydrogen-bond acceptors (Lipinski definition) is 17. The number of rotatable bonds is 26. The van der Waals surface area contributed by atoms with Crippen LogP contribution in [-0.4, -0.2) is 188 Å². The third-order valence-corrected chi connectivity index (χ3v) is 11.1. The summed E-state index contributed by atoms with van der Waals surface area (Å²) in [6.45, 7) is 10.9. The molecule has 24 nitrogen and oxygen atoms in total. The minimum Gasteiger partial charge on any atom is -0.480 e. The molecule has 2 atom stereocenters. The molecule has 24 heteroatoms. The van der Waals surface area contributed by atoms with E-state index in [4.69, 9.17) is 15.2 Å². The Morgan fingerprint density at radius 1 is 0.836 bits per heavy atom. The van der Waals surface area contributed by atoms with E-state index in [1.807, 2.05) is 32.6 Å². The molecule has 0 aliphatic carbocycles. The SMILES string of the molecule is CCC(C)(CNC(=O)CN1CCN(CC(=O)O)CCN(CC(=O)O)CC1)OCCC(C)(C)OCCNC(=O)CCC(NC(=O)c1ccc(NCc2cnc3nc(N)[nH]c(=O)c3n2)cc1)C(=O)O. The number of carboxylic acid groups (broad SMARTS) is 3. The number of carboxylic acids is 3. The van der Waals surface area contributed by atoms with Crippen molar-refractivity contribution in [2.45, 2.75) is 77.2 Å². The predicted octanol–water partition coefficient (Wildman–Crippen LogP) is -0.438. The van der Waals surface area contributed by atoms with Gasteiger partial charge in [0.05, 0.1) is 62.5 Å². The molecule has 3 heterocycles. The molecule has 0 bridgehead atoms. The summed E-state index contributed by atoms with van der Waals surface area (Å²) >= 11 is 0. The van der Waals surface area contributed by atoms with Gasteiger partial charge in [0.2, 0.25) is 17.8 Å². The molecular weight excluding hydrogens is 877 g/mol. The van der Waals surface area contributed by atoms with E-state index in [1.54, 1.807) is 21.9 Å². The number of aromatic amines is 1. The van der Waals surface area contributed by atoms with Gasteiger partial charge >= 0.3 is 17.9 Å². The minimum atomic E-state index is -1.32. The fraction of sp³-hybridized carbons (Fsp3) is 0.581. The lowest BCUT2D eigenvalue weighted by Crippen LogP contribution is -2.48. The average Bonchev–Trinajstić information content (AvgIpc) is 3.35. The third-order valence-electron chi connectivity index (χ3n) is 11.1. The largest absolute Gasteiger partial charge is 0.480 e. The Labute approximate surface area is 387 Å². The fourth-order valence-electron chi connectivity index (χ4n) is 6.85. The molecule has 1 aliphatic heterocycles. The number of fused-ring (bicyclic) bond motifs is 1. The Morgan fingerprint density at radius 2 is 1.45 bits per heavy atom. The molecule has 10 N–H and O–H groups in total. The number of anilines is 2. The number of aliphatic carboxylic acids is 3. The summed E-state index contributed by atoms with van der Waals surface area (Å²) in [4.78, 5) is 105. The number of nitrogens with zero attached hydrogens (tertiary/aromatic N) is 6. The maximum Gasteiger partial charge on any atom is 0.326 e. The van der Waals surface area contributed by atoms with Gasteiger partial charge in [0.15, 0.2) is 11.2 Å². The van der Waals surface area contributed by atoms with Crippen LogP contribution in [0.3, 0.4) is 0 Å². The first-order valence-corrected chi connectivity index (χ1v) is 22.0. The van der Waals surface area contributed by atoms with Crippen LogP contribution in [0.1, 0.15) is 69.4 Å². The molecule has 1 aliphatic rings. The van der Waals surface area contributed by atoms with Crippen molar-refractivity contribution in [3.05, 3.63) is 52.1 Å². The van der Waals surface area contributed by atoms with Gasteiger partial charge in [0.25, 0.3) is 11.5 Å². The molecule has 3 amide bonds. The van der Waals surface area contributed by atoms with Crippen LogP contribution in [0, 0.1) is 0 Å². The number of nitrogens with two attached hydrogens (primary N) is 1. The minimum absolute atomic E-state index is 0.0402. The highest BCUT2D eigenvalue weighted by Crippen LogP contribution is 2.20. The lowest BCUT2D eigenvalue weighted by Gasteiger charge is -2.32. The van der Waals surface area contributed by atoms with Gasteiger partial charge in [-0.25, -0.2) is 14.8 Å². The number of carbonyl (C=O) groups is 6. The maximum atomic E-state index is 13.1. The smallest absolute Gasteiger partial charge is 0.326 e. The van der Waals surface area contributed by atoms with Gasteiger partial charge < -0.3 is 51.8 Å². The highest BCUT2D eigenvalue weighted by Gasteiger charge is 2.28. The number of nitrogens with one attached hydrogen (secondary N) is 5. The lowest BCUT2D eigenvalue weighted by molar-refractivity contribution is -0.140. The van der Waals surface area contributed by atoms with Gasteiger partial charge in [0, 0.05) is 70.0 Å². The lowest BCUT2D eigenvalue weighted by atomic mass is 10.0. The Hall–Kier alpha value is -6.34. The standard InChI is InChI=1S/C43H64N12O12/c1-5-43(4,27-48-33(57)24-53-14-16-54(25-34(58)59)18-19-55(17-15-53)26-35(60)61)67-20-12-42(2,3)66-21-13-45-32(56)11-10-31(40(64)65)50-38(62)28-6-8-29(9-7-28)46-22-30-23-47-37-36(49-30)39(63)52-41(44)51-37/h6-9,23,31,46H,5,10-22,24-27H2,1-4H3,(H,45,56)(H,48,57)(H,50,62)(H,58,59)(H,60,61)(H,64,65)(H3,44,47,51,52,63). The van der Waals surface area contributed by atoms with Crippen molar-refractivity contribution in [1.29, 1.82) is 0 Å². The molecule has 1 fully saturated rings. The van der Waals surface area contributed by atoms with Crippen LogP contribution in [0.25, 0.3) is 11.2 Å². The molecule has 1 saturated heterocycles. The Kier molecular flexibility index (Phi) is 20.3. The number of amides is 3. The summed E-state index contributed by atoms with van der Waals surface area (Å²) in [6, 6.07) is 4.94. The second-order valence-corrected chi connectivity index (χ2v) is 17.1. The van der Waals surface area contributed by atoms with Crippen LogP contribution in [-0.2, 0) is 40.0 Å². The van der Waals surface area contributed by atoms with Crippen molar-refractivity contribution in [3.8, 4) is 0 Å². The molecule has 0 spiro atoms. The molecule has 2 aromatic heterocycles. The van der Waals surface area contributed by atoms with Crippen molar-refractivity contribution in [3.63, 3.8) is 0 Å². The van der Waals surface area contributed by atoms with Gasteiger partial charge in [-0.05, 0) is 64.3 Å². The number of aromatic nitrogens is 4. The van der Waals surface area contributed by atoms with Crippen molar-refractivity contribution in [2.75, 3.05) is 96.3 Å². The van der Waals surface area contributed by atoms with Gasteiger partial charge in [-0.2, -0.15) is 4.98 Å². The second-order valence-electron chi connectivity index (χ2n) is 17.1. The van der Waals surface area contributed by atoms with Crippen molar-refractivity contribution >= 4 is 58.4 Å². The highest BCUT2D eigenvalue weighted by atomic mass is 16.5. The number of nitrogen functional groups attached to an aromatic ring is 1. The molecule has 67 heavy (non-hydrogen) atoms. The van der Waals surface area contributed by atoms with Crippen molar-refractivity contribution in [2.24, 2.45) is 0 Å².